The van der Waals surface area contributed by atoms with Crippen molar-refractivity contribution in [3.8, 4) is 5.75 Å². The number of nitrogens with zero attached hydrogens (tertiary/aromatic N) is 1. The van der Waals surface area contributed by atoms with Gasteiger partial charge in [-0.25, -0.2) is 0 Å². The first-order valence-corrected chi connectivity index (χ1v) is 7.13. The average Bonchev–Trinajstić information content (AvgIpc) is 2.33. The molecule has 1 aromatic carbocycles. The van der Waals surface area contributed by atoms with Crippen molar-refractivity contribution in [1.29, 1.82) is 0 Å². The van der Waals surface area contributed by atoms with Gasteiger partial charge >= 0.3 is 6.36 Å². The molecule has 3 nitrogen and oxygen atoms in total. The minimum absolute atomic E-state index is 0.141. The second-order valence-corrected chi connectivity index (χ2v) is 5.74. The Kier molecular flexibility index (Phi) is 4.93. The molecule has 1 aliphatic heterocycles. The zero-order valence-electron chi connectivity index (χ0n) is 11.0. The van der Waals surface area contributed by atoms with Crippen LogP contribution in [0.3, 0.4) is 0 Å². The topological polar surface area (TPSA) is 24.5 Å². The van der Waals surface area contributed by atoms with Crippen LogP contribution >= 0.6 is 15.9 Å². The fourth-order valence-electron chi connectivity index (χ4n) is 2.22. The number of piperazine rings is 1. The molecule has 112 valence electrons. The maximum atomic E-state index is 12.4. The quantitative estimate of drug-likeness (QED) is 0.904. The Morgan fingerprint density at radius 1 is 1.45 bits per heavy atom. The van der Waals surface area contributed by atoms with Crippen molar-refractivity contribution >= 4 is 15.9 Å². The molecule has 0 unspecified atom stereocenters. The molecule has 1 heterocycles. The van der Waals surface area contributed by atoms with Crippen molar-refractivity contribution in [2.24, 2.45) is 0 Å². The van der Waals surface area contributed by atoms with Crippen LogP contribution in [-0.2, 0) is 6.54 Å². The lowest BCUT2D eigenvalue weighted by atomic mass is 10.1. The normalized spacial score (nSPS) is 20.9. The van der Waals surface area contributed by atoms with E-state index in [9.17, 15) is 13.2 Å². The van der Waals surface area contributed by atoms with Crippen LogP contribution in [0.25, 0.3) is 0 Å². The number of hydrogen-bond donors (Lipinski definition) is 1. The van der Waals surface area contributed by atoms with Crippen molar-refractivity contribution in [3.05, 3.63) is 28.2 Å². The smallest absolute Gasteiger partial charge is 0.405 e. The van der Waals surface area contributed by atoms with Gasteiger partial charge in [-0.1, -0.05) is 22.0 Å². The Labute approximate surface area is 124 Å². The molecule has 0 radical (unpaired) electrons. The van der Waals surface area contributed by atoms with Crippen LogP contribution < -0.4 is 10.1 Å². The van der Waals surface area contributed by atoms with E-state index in [0.717, 1.165) is 19.6 Å². The molecule has 1 fully saturated rings. The molecule has 0 aromatic heterocycles. The van der Waals surface area contributed by atoms with E-state index in [-0.39, 0.29) is 11.8 Å². The van der Waals surface area contributed by atoms with E-state index in [2.05, 4.69) is 37.8 Å². The third-order valence-corrected chi connectivity index (χ3v) is 3.76. The van der Waals surface area contributed by atoms with Crippen molar-refractivity contribution in [3.63, 3.8) is 0 Å². The third kappa shape index (κ3) is 4.36. The molecule has 0 spiro atoms. The van der Waals surface area contributed by atoms with E-state index in [1.807, 2.05) is 0 Å². The highest BCUT2D eigenvalue weighted by Crippen LogP contribution is 2.30. The number of ether oxygens (including phenoxy) is 1. The Morgan fingerprint density at radius 3 is 2.85 bits per heavy atom. The second-order valence-electron chi connectivity index (χ2n) is 4.82. The summed E-state index contributed by atoms with van der Waals surface area (Å²) in [6.07, 6.45) is -4.68. The van der Waals surface area contributed by atoms with E-state index < -0.39 is 6.36 Å². The van der Waals surface area contributed by atoms with Crippen molar-refractivity contribution < 1.29 is 17.9 Å². The largest absolute Gasteiger partial charge is 0.573 e. The molecule has 1 atom stereocenters. The van der Waals surface area contributed by atoms with Gasteiger partial charge in [-0.15, -0.1) is 13.2 Å². The summed E-state index contributed by atoms with van der Waals surface area (Å²) < 4.78 is 42.0. The molecule has 0 amide bonds. The van der Waals surface area contributed by atoms with Gasteiger partial charge in [-0.3, -0.25) is 4.90 Å². The van der Waals surface area contributed by atoms with Gasteiger partial charge in [0.2, 0.25) is 0 Å². The van der Waals surface area contributed by atoms with Crippen LogP contribution in [0.15, 0.2) is 22.7 Å². The number of benzene rings is 1. The molecule has 0 bridgehead atoms. The molecule has 0 aliphatic carbocycles. The molecule has 1 N–H and O–H groups in total. The molecule has 7 heteroatoms. The molecular weight excluding hydrogens is 337 g/mol. The summed E-state index contributed by atoms with van der Waals surface area (Å²) in [4.78, 5) is 2.14. The standard InChI is InChI=1S/C13H16BrF3N2O/c1-9-7-18-4-5-19(9)8-10-2-3-11(14)6-12(10)20-13(15,16)17/h2-3,6,9,18H,4-5,7-8H2,1H3/t9-/m0/s1. The van der Waals surface area contributed by atoms with E-state index in [4.69, 9.17) is 0 Å². The molecule has 0 saturated carbocycles. The molecule has 2 rings (SSSR count). The predicted molar refractivity (Wildman–Crippen MR) is 73.6 cm³/mol. The van der Waals surface area contributed by atoms with Crippen molar-refractivity contribution in [1.82, 2.24) is 10.2 Å². The van der Waals surface area contributed by atoms with Gasteiger partial charge < -0.3 is 10.1 Å². The van der Waals surface area contributed by atoms with Crippen molar-refractivity contribution in [2.75, 3.05) is 19.6 Å². The van der Waals surface area contributed by atoms with Crippen LogP contribution in [0, 0.1) is 0 Å². The SMILES string of the molecule is C[C@H]1CNCCN1Cc1ccc(Br)cc1OC(F)(F)F. The maximum absolute atomic E-state index is 12.4. The second kappa shape index (κ2) is 6.32. The van der Waals surface area contributed by atoms with Gasteiger partial charge in [0.25, 0.3) is 0 Å². The van der Waals surface area contributed by atoms with E-state index in [0.29, 0.717) is 16.6 Å². The van der Waals surface area contributed by atoms with Crippen LogP contribution in [0.5, 0.6) is 5.75 Å². The lowest BCUT2D eigenvalue weighted by molar-refractivity contribution is -0.275. The number of halogens is 4. The van der Waals surface area contributed by atoms with Crippen LogP contribution in [0.2, 0.25) is 0 Å². The van der Waals surface area contributed by atoms with Gasteiger partial charge in [0, 0.05) is 42.3 Å². The lowest BCUT2D eigenvalue weighted by Gasteiger charge is -2.34. The van der Waals surface area contributed by atoms with E-state index >= 15 is 0 Å². The van der Waals surface area contributed by atoms with Gasteiger partial charge in [-0.05, 0) is 19.1 Å². The van der Waals surface area contributed by atoms with E-state index in [1.54, 1.807) is 12.1 Å². The zero-order chi connectivity index (χ0) is 14.8. The highest BCUT2D eigenvalue weighted by Gasteiger charge is 2.32. The Bertz CT molecular complexity index is 467. The summed E-state index contributed by atoms with van der Waals surface area (Å²) in [6.45, 7) is 4.99. The molecule has 20 heavy (non-hydrogen) atoms. The first kappa shape index (κ1) is 15.6. The maximum Gasteiger partial charge on any atom is 0.573 e. The molecular formula is C13H16BrF3N2O. The fraction of sp³-hybridized carbons (Fsp3) is 0.538. The van der Waals surface area contributed by atoms with E-state index in [1.165, 1.54) is 6.07 Å². The monoisotopic (exact) mass is 352 g/mol. The summed E-state index contributed by atoms with van der Waals surface area (Å²) in [5.74, 6) is -0.141. The zero-order valence-corrected chi connectivity index (χ0v) is 12.6. The van der Waals surface area contributed by atoms with Crippen molar-refractivity contribution in [2.45, 2.75) is 25.9 Å². The first-order valence-electron chi connectivity index (χ1n) is 6.34. The minimum atomic E-state index is -4.68. The summed E-state index contributed by atoms with van der Waals surface area (Å²) in [6, 6.07) is 5.03. The van der Waals surface area contributed by atoms with Crippen LogP contribution in [-0.4, -0.2) is 36.9 Å². The number of hydrogen-bond acceptors (Lipinski definition) is 3. The first-order chi connectivity index (χ1) is 9.35. The Balaban J connectivity index is 2.17. The number of alkyl halides is 3. The number of nitrogens with one attached hydrogen (secondary N) is 1. The average molecular weight is 353 g/mol. The summed E-state index contributed by atoms with van der Waals surface area (Å²) >= 11 is 3.17. The van der Waals surface area contributed by atoms with Gasteiger partial charge in [0.1, 0.15) is 5.75 Å². The third-order valence-electron chi connectivity index (χ3n) is 3.27. The minimum Gasteiger partial charge on any atom is -0.405 e. The highest BCUT2D eigenvalue weighted by molar-refractivity contribution is 9.10. The number of rotatable bonds is 3. The van der Waals surface area contributed by atoms with Crippen LogP contribution in [0.4, 0.5) is 13.2 Å². The Morgan fingerprint density at radius 2 is 2.20 bits per heavy atom. The van der Waals surface area contributed by atoms with Crippen LogP contribution in [0.1, 0.15) is 12.5 Å². The lowest BCUT2D eigenvalue weighted by Crippen LogP contribution is -2.49. The summed E-state index contributed by atoms with van der Waals surface area (Å²) in [5.41, 5.74) is 0.541. The molecule has 1 saturated heterocycles. The van der Waals surface area contributed by atoms with Gasteiger partial charge in [-0.2, -0.15) is 0 Å². The highest BCUT2D eigenvalue weighted by atomic mass is 79.9. The summed E-state index contributed by atoms with van der Waals surface area (Å²) in [5, 5.41) is 3.25. The predicted octanol–water partition coefficient (Wildman–Crippen LogP) is 3.14. The van der Waals surface area contributed by atoms with Gasteiger partial charge in [0.15, 0.2) is 0 Å². The molecule has 1 aromatic rings. The Hall–Kier alpha value is -0.790. The fourth-order valence-corrected chi connectivity index (χ4v) is 2.56. The summed E-state index contributed by atoms with van der Waals surface area (Å²) in [7, 11) is 0. The molecule has 1 aliphatic rings. The van der Waals surface area contributed by atoms with Gasteiger partial charge in [0.05, 0.1) is 0 Å².